The van der Waals surface area contributed by atoms with E-state index in [9.17, 15) is 10.4 Å². The minimum Gasteiger partial charge on any atom is -0.497 e. The third kappa shape index (κ3) is 9.73. The maximum absolute atomic E-state index is 10.4. The molecule has 0 amide bonds. The molecule has 0 fully saturated rings. The number of β-amino-alcohol motifs (C(OH)–C–C–N with tert-alkyl or cyclic N) is 1. The van der Waals surface area contributed by atoms with Crippen molar-refractivity contribution >= 4 is 0 Å². The summed E-state index contributed by atoms with van der Waals surface area (Å²) in [6.07, 6.45) is 4.64. The lowest BCUT2D eigenvalue weighted by Gasteiger charge is -2.28. The molecule has 0 aliphatic rings. The van der Waals surface area contributed by atoms with Crippen LogP contribution in [-0.2, 0) is 6.42 Å². The van der Waals surface area contributed by atoms with Gasteiger partial charge in [0, 0.05) is 18.2 Å². The molecule has 2 N–H and O–H groups in total. The van der Waals surface area contributed by atoms with Crippen molar-refractivity contribution in [2.75, 3.05) is 26.9 Å². The number of aliphatic hydroxyl groups excluding tert-OH is 1. The van der Waals surface area contributed by atoms with Gasteiger partial charge in [-0.3, -0.25) is 0 Å². The number of methoxy groups -OCH3 is 1. The monoisotopic (exact) mass is 454 g/mol. The van der Waals surface area contributed by atoms with Crippen LogP contribution in [-0.4, -0.2) is 43.6 Å². The van der Waals surface area contributed by atoms with Crippen LogP contribution in [0.15, 0.2) is 42.5 Å². The SMILES string of the molecule is CCCCCCOc1ccc(OCC(O)CNC(C)(C)Cc2ccc(OC)cc2)c(C#N)c1. The van der Waals surface area contributed by atoms with Crippen molar-refractivity contribution in [3.8, 4) is 23.3 Å². The number of hydrogen-bond acceptors (Lipinski definition) is 6. The summed E-state index contributed by atoms with van der Waals surface area (Å²) in [7, 11) is 1.65. The molecule has 0 heterocycles. The molecule has 0 saturated carbocycles. The van der Waals surface area contributed by atoms with E-state index in [4.69, 9.17) is 14.2 Å². The summed E-state index contributed by atoms with van der Waals surface area (Å²) >= 11 is 0. The molecule has 2 aromatic rings. The number of ether oxygens (including phenoxy) is 3. The van der Waals surface area contributed by atoms with E-state index >= 15 is 0 Å². The molecular formula is C27H38N2O4. The van der Waals surface area contributed by atoms with Gasteiger partial charge < -0.3 is 24.6 Å². The van der Waals surface area contributed by atoms with Gasteiger partial charge in [0.25, 0.3) is 0 Å². The van der Waals surface area contributed by atoms with Crippen molar-refractivity contribution in [3.63, 3.8) is 0 Å². The van der Waals surface area contributed by atoms with Gasteiger partial charge in [-0.25, -0.2) is 0 Å². The number of nitriles is 1. The van der Waals surface area contributed by atoms with E-state index in [1.807, 2.05) is 24.3 Å². The van der Waals surface area contributed by atoms with Gasteiger partial charge in [-0.05, 0) is 56.5 Å². The molecule has 0 saturated heterocycles. The van der Waals surface area contributed by atoms with Crippen molar-refractivity contribution in [1.29, 1.82) is 5.26 Å². The number of nitrogens with one attached hydrogen (secondary N) is 1. The molecule has 6 nitrogen and oxygen atoms in total. The molecular weight excluding hydrogens is 416 g/mol. The minimum absolute atomic E-state index is 0.0948. The summed E-state index contributed by atoms with van der Waals surface area (Å²) < 4.78 is 16.7. The minimum atomic E-state index is -0.707. The Labute approximate surface area is 198 Å². The molecule has 180 valence electrons. The van der Waals surface area contributed by atoms with E-state index in [0.717, 1.165) is 25.0 Å². The Hall–Kier alpha value is -2.75. The second-order valence-electron chi connectivity index (χ2n) is 8.93. The van der Waals surface area contributed by atoms with Gasteiger partial charge in [-0.15, -0.1) is 0 Å². The average molecular weight is 455 g/mol. The van der Waals surface area contributed by atoms with Crippen LogP contribution >= 0.6 is 0 Å². The predicted octanol–water partition coefficient (Wildman–Crippen LogP) is 4.88. The van der Waals surface area contributed by atoms with Crippen LogP contribution in [0.25, 0.3) is 0 Å². The lowest BCUT2D eigenvalue weighted by molar-refractivity contribution is 0.0986. The van der Waals surface area contributed by atoms with E-state index in [1.54, 1.807) is 25.3 Å². The average Bonchev–Trinajstić information content (AvgIpc) is 2.82. The first-order chi connectivity index (χ1) is 15.9. The Morgan fingerprint density at radius 2 is 1.76 bits per heavy atom. The summed E-state index contributed by atoms with van der Waals surface area (Å²) in [4.78, 5) is 0. The highest BCUT2D eigenvalue weighted by atomic mass is 16.5. The predicted molar refractivity (Wildman–Crippen MR) is 131 cm³/mol. The fourth-order valence-electron chi connectivity index (χ4n) is 3.49. The van der Waals surface area contributed by atoms with Crippen LogP contribution in [0.1, 0.15) is 57.6 Å². The van der Waals surface area contributed by atoms with Crippen molar-refractivity contribution in [2.45, 2.75) is 64.5 Å². The number of hydrogen-bond donors (Lipinski definition) is 2. The van der Waals surface area contributed by atoms with Crippen LogP contribution in [0.2, 0.25) is 0 Å². The highest BCUT2D eigenvalue weighted by Crippen LogP contribution is 2.24. The van der Waals surface area contributed by atoms with Crippen molar-refractivity contribution in [1.82, 2.24) is 5.32 Å². The van der Waals surface area contributed by atoms with E-state index in [-0.39, 0.29) is 12.1 Å². The van der Waals surface area contributed by atoms with Gasteiger partial charge in [-0.2, -0.15) is 5.26 Å². The highest BCUT2D eigenvalue weighted by Gasteiger charge is 2.20. The number of unbranched alkanes of at least 4 members (excludes halogenated alkanes) is 3. The van der Waals surface area contributed by atoms with Gasteiger partial charge in [-0.1, -0.05) is 38.3 Å². The highest BCUT2D eigenvalue weighted by molar-refractivity contribution is 5.47. The number of aliphatic hydroxyl groups is 1. The van der Waals surface area contributed by atoms with Gasteiger partial charge >= 0.3 is 0 Å². The number of benzene rings is 2. The normalized spacial score (nSPS) is 12.1. The third-order valence-corrected chi connectivity index (χ3v) is 5.39. The summed E-state index contributed by atoms with van der Waals surface area (Å²) in [5, 5.41) is 23.3. The second-order valence-corrected chi connectivity index (χ2v) is 8.93. The third-order valence-electron chi connectivity index (χ3n) is 5.39. The molecule has 33 heavy (non-hydrogen) atoms. The Balaban J connectivity index is 1.79. The Morgan fingerprint density at radius 3 is 2.42 bits per heavy atom. The lowest BCUT2D eigenvalue weighted by Crippen LogP contribution is -2.46. The molecule has 0 bridgehead atoms. The Kier molecular flexibility index (Phi) is 11.0. The van der Waals surface area contributed by atoms with Crippen LogP contribution < -0.4 is 19.5 Å². The molecule has 0 aliphatic heterocycles. The molecule has 0 spiro atoms. The molecule has 0 aromatic heterocycles. The van der Waals surface area contributed by atoms with Crippen LogP contribution in [0.4, 0.5) is 0 Å². The molecule has 6 heteroatoms. The molecule has 0 aliphatic carbocycles. The van der Waals surface area contributed by atoms with E-state index in [2.05, 4.69) is 32.2 Å². The van der Waals surface area contributed by atoms with E-state index in [0.29, 0.717) is 30.2 Å². The first kappa shape index (κ1) is 26.5. The Morgan fingerprint density at radius 1 is 1.03 bits per heavy atom. The first-order valence-corrected chi connectivity index (χ1v) is 11.7. The topological polar surface area (TPSA) is 83.7 Å². The summed E-state index contributed by atoms with van der Waals surface area (Å²) in [6, 6.07) is 15.4. The van der Waals surface area contributed by atoms with Crippen LogP contribution in [0.5, 0.6) is 17.2 Å². The van der Waals surface area contributed by atoms with Crippen molar-refractivity contribution < 1.29 is 19.3 Å². The smallest absolute Gasteiger partial charge is 0.137 e. The standard InChI is InChI=1S/C27H38N2O4/c1-5-6-7-8-15-32-25-13-14-26(22(16-25)18-28)33-20-23(30)19-29-27(2,3)17-21-9-11-24(31-4)12-10-21/h9-14,16,23,29-30H,5-8,15,17,19-20H2,1-4H3. The quantitative estimate of drug-likeness (QED) is 0.373. The zero-order chi connectivity index (χ0) is 24.1. The second kappa shape index (κ2) is 13.7. The lowest BCUT2D eigenvalue weighted by atomic mass is 9.94. The van der Waals surface area contributed by atoms with Gasteiger partial charge in [0.1, 0.15) is 36.0 Å². The number of nitrogens with zero attached hydrogens (tertiary/aromatic N) is 1. The van der Waals surface area contributed by atoms with Gasteiger partial charge in [0.2, 0.25) is 0 Å². The first-order valence-electron chi connectivity index (χ1n) is 11.7. The summed E-state index contributed by atoms with van der Waals surface area (Å²) in [5.74, 6) is 1.95. The van der Waals surface area contributed by atoms with E-state index < -0.39 is 6.10 Å². The summed E-state index contributed by atoms with van der Waals surface area (Å²) in [5.41, 5.74) is 1.38. The number of rotatable bonds is 15. The Bertz CT molecular complexity index is 875. The maximum Gasteiger partial charge on any atom is 0.137 e. The molecule has 2 aromatic carbocycles. The summed E-state index contributed by atoms with van der Waals surface area (Å²) in [6.45, 7) is 7.48. The zero-order valence-corrected chi connectivity index (χ0v) is 20.4. The van der Waals surface area contributed by atoms with Gasteiger partial charge in [0.15, 0.2) is 0 Å². The fourth-order valence-corrected chi connectivity index (χ4v) is 3.49. The molecule has 2 rings (SSSR count). The molecule has 0 radical (unpaired) electrons. The van der Waals surface area contributed by atoms with E-state index in [1.165, 1.54) is 18.4 Å². The van der Waals surface area contributed by atoms with Gasteiger partial charge in [0.05, 0.1) is 19.3 Å². The van der Waals surface area contributed by atoms with Crippen molar-refractivity contribution in [3.05, 3.63) is 53.6 Å². The molecule has 1 unspecified atom stereocenters. The maximum atomic E-state index is 10.4. The van der Waals surface area contributed by atoms with Crippen LogP contribution in [0, 0.1) is 11.3 Å². The molecule has 1 atom stereocenters. The fraction of sp³-hybridized carbons (Fsp3) is 0.519. The largest absolute Gasteiger partial charge is 0.497 e. The zero-order valence-electron chi connectivity index (χ0n) is 20.4. The van der Waals surface area contributed by atoms with Crippen molar-refractivity contribution in [2.24, 2.45) is 0 Å². The van der Waals surface area contributed by atoms with Crippen LogP contribution in [0.3, 0.4) is 0 Å².